The highest BCUT2D eigenvalue weighted by Gasteiger charge is 2.36. The number of sulfone groups is 1. The average molecular weight is 440 g/mol. The van der Waals surface area contributed by atoms with E-state index >= 15 is 0 Å². The number of rotatable bonds is 7. The Morgan fingerprint density at radius 3 is 2.27 bits per heavy atom. The van der Waals surface area contributed by atoms with Crippen LogP contribution in [-0.4, -0.2) is 60.5 Å². The number of amides is 1. The van der Waals surface area contributed by atoms with Crippen LogP contribution in [0.2, 0.25) is 0 Å². The summed E-state index contributed by atoms with van der Waals surface area (Å²) in [5.74, 6) is -1.19. The number of hydrogen-bond donors (Lipinski definition) is 1. The number of ether oxygens (including phenoxy) is 1. The van der Waals surface area contributed by atoms with E-state index in [9.17, 15) is 23.1 Å². The van der Waals surface area contributed by atoms with Gasteiger partial charge in [-0.05, 0) is 49.3 Å². The molecule has 0 aromatic heterocycles. The fourth-order valence-electron chi connectivity index (χ4n) is 3.73. The zero-order chi connectivity index (χ0) is 22.8. The van der Waals surface area contributed by atoms with Crippen molar-refractivity contribution < 1.29 is 27.9 Å². The van der Waals surface area contributed by atoms with E-state index in [-0.39, 0.29) is 34.7 Å². The molecule has 0 radical (unpaired) electrons. The van der Waals surface area contributed by atoms with Crippen molar-refractivity contribution in [2.45, 2.75) is 71.9 Å². The van der Waals surface area contributed by atoms with Gasteiger partial charge in [-0.2, -0.15) is 0 Å². The van der Waals surface area contributed by atoms with Crippen LogP contribution in [0.15, 0.2) is 12.1 Å². The van der Waals surface area contributed by atoms with Gasteiger partial charge in [-0.1, -0.05) is 33.8 Å². The minimum atomic E-state index is -3.14. The van der Waals surface area contributed by atoms with E-state index in [0.29, 0.717) is 18.5 Å². The van der Waals surface area contributed by atoms with Crippen molar-refractivity contribution in [3.63, 3.8) is 0 Å². The normalized spacial score (nSPS) is 19.1. The standard InChI is InChI=1S/C22H33NO6S/c1-7-23(17-8-9-30(27,28)12-17)21(25)15(6)29-22(26)19-11-16(13(2)3)10-18(14(4)5)20(19)24/h10-11,13-15,17,24H,7-9,12H2,1-6H3/t15-,17+/m0/s1. The Hall–Kier alpha value is -2.09. The molecule has 1 N–H and O–H groups in total. The topological polar surface area (TPSA) is 101 Å². The molecule has 1 saturated heterocycles. The summed E-state index contributed by atoms with van der Waals surface area (Å²) in [6.45, 7) is 11.4. The second-order valence-electron chi connectivity index (χ2n) is 8.54. The maximum absolute atomic E-state index is 12.9. The molecule has 0 saturated carbocycles. The van der Waals surface area contributed by atoms with Gasteiger partial charge in [0.2, 0.25) is 0 Å². The van der Waals surface area contributed by atoms with E-state index in [2.05, 4.69) is 0 Å². The van der Waals surface area contributed by atoms with Crippen LogP contribution in [0.4, 0.5) is 0 Å². The summed E-state index contributed by atoms with van der Waals surface area (Å²) in [5, 5.41) is 10.6. The van der Waals surface area contributed by atoms with Crippen LogP contribution >= 0.6 is 0 Å². The van der Waals surface area contributed by atoms with Crippen molar-refractivity contribution >= 4 is 21.7 Å². The molecule has 7 nitrogen and oxygen atoms in total. The van der Waals surface area contributed by atoms with Crippen LogP contribution in [0.1, 0.15) is 81.3 Å². The number of carbonyl (C=O) groups excluding carboxylic acids is 2. The first-order valence-electron chi connectivity index (χ1n) is 10.5. The lowest BCUT2D eigenvalue weighted by Gasteiger charge is -2.29. The van der Waals surface area contributed by atoms with Gasteiger partial charge in [-0.15, -0.1) is 0 Å². The van der Waals surface area contributed by atoms with Gasteiger partial charge in [0.15, 0.2) is 15.9 Å². The van der Waals surface area contributed by atoms with Crippen LogP contribution in [0.5, 0.6) is 5.75 Å². The molecule has 0 unspecified atom stereocenters. The molecule has 1 heterocycles. The molecule has 30 heavy (non-hydrogen) atoms. The van der Waals surface area contributed by atoms with Crippen LogP contribution in [0, 0.1) is 0 Å². The largest absolute Gasteiger partial charge is 0.507 e. The molecule has 1 fully saturated rings. The molecule has 1 aliphatic rings. The third-order valence-electron chi connectivity index (χ3n) is 5.57. The fraction of sp³-hybridized carbons (Fsp3) is 0.636. The highest BCUT2D eigenvalue weighted by atomic mass is 32.2. The second-order valence-corrected chi connectivity index (χ2v) is 10.8. The summed E-state index contributed by atoms with van der Waals surface area (Å²) < 4.78 is 29.0. The first-order valence-corrected chi connectivity index (χ1v) is 12.3. The van der Waals surface area contributed by atoms with E-state index in [4.69, 9.17) is 4.74 Å². The number of aromatic hydroxyl groups is 1. The SMILES string of the molecule is CCN(C(=O)[C@H](C)OC(=O)c1cc(C(C)C)cc(C(C)C)c1O)[C@@H]1CCS(=O)(=O)C1. The predicted octanol–water partition coefficient (Wildman–Crippen LogP) is 3.22. The molecule has 1 aromatic rings. The van der Waals surface area contributed by atoms with Crippen molar-refractivity contribution in [3.8, 4) is 5.75 Å². The highest BCUT2D eigenvalue weighted by molar-refractivity contribution is 7.91. The fourth-order valence-corrected chi connectivity index (χ4v) is 5.46. The minimum Gasteiger partial charge on any atom is -0.507 e. The predicted molar refractivity (Wildman–Crippen MR) is 116 cm³/mol. The van der Waals surface area contributed by atoms with Crippen LogP contribution < -0.4 is 0 Å². The van der Waals surface area contributed by atoms with Crippen LogP contribution in [0.25, 0.3) is 0 Å². The Balaban J connectivity index is 2.23. The molecule has 168 valence electrons. The lowest BCUT2D eigenvalue weighted by molar-refractivity contribution is -0.141. The molecule has 0 aliphatic carbocycles. The lowest BCUT2D eigenvalue weighted by Crippen LogP contribution is -2.46. The summed E-state index contributed by atoms with van der Waals surface area (Å²) in [4.78, 5) is 27.1. The summed E-state index contributed by atoms with van der Waals surface area (Å²) in [7, 11) is -3.14. The number of carbonyl (C=O) groups is 2. The Morgan fingerprint density at radius 2 is 1.80 bits per heavy atom. The van der Waals surface area contributed by atoms with E-state index in [1.807, 2.05) is 33.8 Å². The van der Waals surface area contributed by atoms with Crippen molar-refractivity contribution in [3.05, 3.63) is 28.8 Å². The van der Waals surface area contributed by atoms with Crippen molar-refractivity contribution in [1.29, 1.82) is 0 Å². The quantitative estimate of drug-likeness (QED) is 0.655. The Labute approximate surface area is 179 Å². The summed E-state index contributed by atoms with van der Waals surface area (Å²) in [6.07, 6.45) is -0.706. The summed E-state index contributed by atoms with van der Waals surface area (Å²) in [6, 6.07) is 3.08. The lowest BCUT2D eigenvalue weighted by atomic mass is 9.92. The number of benzene rings is 1. The van der Waals surface area contributed by atoms with Crippen LogP contribution in [0.3, 0.4) is 0 Å². The monoisotopic (exact) mass is 439 g/mol. The number of likely N-dealkylation sites (N-methyl/N-ethyl adjacent to an activating group) is 1. The van der Waals surface area contributed by atoms with Gasteiger partial charge in [-0.25, -0.2) is 13.2 Å². The van der Waals surface area contributed by atoms with Crippen LogP contribution in [-0.2, 0) is 19.4 Å². The Morgan fingerprint density at radius 1 is 1.17 bits per heavy atom. The Kier molecular flexibility index (Phi) is 7.55. The third-order valence-corrected chi connectivity index (χ3v) is 7.33. The van der Waals surface area contributed by atoms with Gasteiger partial charge < -0.3 is 14.7 Å². The zero-order valence-electron chi connectivity index (χ0n) is 18.6. The zero-order valence-corrected chi connectivity index (χ0v) is 19.5. The molecule has 0 bridgehead atoms. The molecule has 2 rings (SSSR count). The van der Waals surface area contributed by atoms with Gasteiger partial charge in [0, 0.05) is 12.6 Å². The van der Waals surface area contributed by atoms with Crippen molar-refractivity contribution in [1.82, 2.24) is 4.90 Å². The summed E-state index contributed by atoms with van der Waals surface area (Å²) in [5.41, 5.74) is 1.59. The van der Waals surface area contributed by atoms with E-state index in [1.54, 1.807) is 13.0 Å². The van der Waals surface area contributed by atoms with Crippen molar-refractivity contribution in [2.24, 2.45) is 0 Å². The molecule has 0 spiro atoms. The van der Waals surface area contributed by atoms with Gasteiger partial charge in [0.05, 0.1) is 11.5 Å². The molecular formula is C22H33NO6S. The summed E-state index contributed by atoms with van der Waals surface area (Å²) >= 11 is 0. The molecule has 1 aromatic carbocycles. The first-order chi connectivity index (χ1) is 13.9. The second kappa shape index (κ2) is 9.37. The maximum atomic E-state index is 12.9. The number of nitrogens with zero attached hydrogens (tertiary/aromatic N) is 1. The number of phenolic OH excluding ortho intramolecular Hbond substituents is 1. The van der Waals surface area contributed by atoms with E-state index in [0.717, 1.165) is 5.56 Å². The smallest absolute Gasteiger partial charge is 0.342 e. The molecule has 1 amide bonds. The highest BCUT2D eigenvalue weighted by Crippen LogP contribution is 2.33. The molecular weight excluding hydrogens is 406 g/mol. The molecule has 1 aliphatic heterocycles. The molecule has 2 atom stereocenters. The maximum Gasteiger partial charge on any atom is 0.342 e. The number of esters is 1. The van der Waals surface area contributed by atoms with Gasteiger partial charge >= 0.3 is 5.97 Å². The third kappa shape index (κ3) is 5.33. The van der Waals surface area contributed by atoms with Gasteiger partial charge in [0.25, 0.3) is 5.91 Å². The number of phenols is 1. The minimum absolute atomic E-state index is 0.00852. The molecule has 8 heteroatoms. The van der Waals surface area contributed by atoms with E-state index < -0.39 is 33.9 Å². The van der Waals surface area contributed by atoms with Gasteiger partial charge in [-0.3, -0.25) is 4.79 Å². The van der Waals surface area contributed by atoms with E-state index in [1.165, 1.54) is 11.8 Å². The Bertz CT molecular complexity index is 906. The first kappa shape index (κ1) is 24.2. The number of hydrogen-bond acceptors (Lipinski definition) is 6. The average Bonchev–Trinajstić information content (AvgIpc) is 3.01. The van der Waals surface area contributed by atoms with Gasteiger partial charge in [0.1, 0.15) is 11.3 Å². The van der Waals surface area contributed by atoms with Crippen molar-refractivity contribution in [2.75, 3.05) is 18.1 Å².